The summed E-state index contributed by atoms with van der Waals surface area (Å²) in [5, 5.41) is 21.8. The predicted octanol–water partition coefficient (Wildman–Crippen LogP) is 4.09. The van der Waals surface area contributed by atoms with E-state index in [2.05, 4.69) is 27.7 Å². The molecule has 6 rings (SSSR count). The lowest BCUT2D eigenvalue weighted by molar-refractivity contribution is -0.273. The van der Waals surface area contributed by atoms with E-state index in [-0.39, 0.29) is 23.7 Å². The van der Waals surface area contributed by atoms with Gasteiger partial charge in [-0.05, 0) is 73.5 Å². The number of carbonyl (C=O) groups is 1. The fourth-order valence-electron chi connectivity index (χ4n) is 10.0. The summed E-state index contributed by atoms with van der Waals surface area (Å²) in [5.41, 5.74) is -1.60. The van der Waals surface area contributed by atoms with Crippen molar-refractivity contribution in [2.45, 2.75) is 109 Å². The monoisotopic (exact) mass is 446 g/mol. The van der Waals surface area contributed by atoms with Crippen LogP contribution in [-0.2, 0) is 14.3 Å². The zero-order valence-electron chi connectivity index (χ0n) is 20.3. The SMILES string of the molecule is CC1CC[C@]2(OC1)OC1CC3C4CC(=O)[C@@]5(O)CC(O)CCC5(C)C4CCC3(C)C1C2C. The molecule has 1 spiro atoms. The number of aliphatic hydroxyl groups excluding tert-OH is 1. The van der Waals surface area contributed by atoms with Gasteiger partial charge in [0, 0.05) is 30.6 Å². The molecular weight excluding hydrogens is 404 g/mol. The maximum absolute atomic E-state index is 13.4. The molecule has 0 radical (unpaired) electrons. The van der Waals surface area contributed by atoms with Crippen molar-refractivity contribution in [3.63, 3.8) is 0 Å². The molecular formula is C27H42O5. The van der Waals surface area contributed by atoms with Crippen molar-refractivity contribution in [2.75, 3.05) is 6.61 Å². The van der Waals surface area contributed by atoms with Crippen LogP contribution >= 0.6 is 0 Å². The second-order valence-electron chi connectivity index (χ2n) is 13.2. The van der Waals surface area contributed by atoms with Crippen LogP contribution < -0.4 is 0 Å². The van der Waals surface area contributed by atoms with Crippen LogP contribution in [-0.4, -0.2) is 46.2 Å². The highest BCUT2D eigenvalue weighted by molar-refractivity contribution is 5.89. The fraction of sp³-hybridized carbons (Fsp3) is 0.963. The van der Waals surface area contributed by atoms with E-state index in [1.165, 1.54) is 6.42 Å². The predicted molar refractivity (Wildman–Crippen MR) is 120 cm³/mol. The molecule has 180 valence electrons. The first-order chi connectivity index (χ1) is 15.0. The van der Waals surface area contributed by atoms with Crippen molar-refractivity contribution in [1.82, 2.24) is 0 Å². The van der Waals surface area contributed by atoms with Crippen LogP contribution in [0.15, 0.2) is 0 Å². The number of ether oxygens (including phenoxy) is 2. The van der Waals surface area contributed by atoms with Crippen LogP contribution in [0, 0.1) is 46.3 Å². The van der Waals surface area contributed by atoms with E-state index in [0.29, 0.717) is 48.3 Å². The van der Waals surface area contributed by atoms with Gasteiger partial charge in [-0.2, -0.15) is 0 Å². The third-order valence-electron chi connectivity index (χ3n) is 11.9. The summed E-state index contributed by atoms with van der Waals surface area (Å²) in [7, 11) is 0. The number of hydrogen-bond donors (Lipinski definition) is 2. The summed E-state index contributed by atoms with van der Waals surface area (Å²) in [6.07, 6.45) is 7.21. The molecule has 0 aromatic carbocycles. The van der Waals surface area contributed by atoms with E-state index in [9.17, 15) is 15.0 Å². The van der Waals surface area contributed by atoms with Crippen LogP contribution in [0.25, 0.3) is 0 Å². The Balaban J connectivity index is 1.30. The standard InChI is InChI=1S/C27H42O5/c1-15-5-10-27(31-14-15)16(2)23-21(32-27)12-20-18-11-22(29)26(30)13-17(28)6-9-25(26,4)19(18)7-8-24(20,23)3/h15-21,23,28,30H,5-14H2,1-4H3/t15?,16?,17?,18?,19?,20?,21?,23?,24?,25?,26-,27-/m0/s1. The Morgan fingerprint density at radius 3 is 2.53 bits per heavy atom. The Morgan fingerprint density at radius 2 is 1.81 bits per heavy atom. The number of aliphatic hydroxyl groups is 2. The molecule has 0 amide bonds. The summed E-state index contributed by atoms with van der Waals surface area (Å²) in [5.74, 6) is 2.20. The molecule has 5 nitrogen and oxygen atoms in total. The van der Waals surface area contributed by atoms with Gasteiger partial charge in [-0.15, -0.1) is 0 Å². The highest BCUT2D eigenvalue weighted by Crippen LogP contribution is 2.71. The number of Topliss-reactive ketones (excluding diaryl/α,β-unsaturated/α-hetero) is 1. The number of ketones is 1. The van der Waals surface area contributed by atoms with E-state index < -0.39 is 22.9 Å². The molecule has 6 aliphatic rings. The highest BCUT2D eigenvalue weighted by Gasteiger charge is 2.72. The van der Waals surface area contributed by atoms with Gasteiger partial charge in [0.2, 0.25) is 0 Å². The molecule has 32 heavy (non-hydrogen) atoms. The minimum Gasteiger partial charge on any atom is -0.393 e. The Bertz CT molecular complexity index is 804. The van der Waals surface area contributed by atoms with Crippen molar-refractivity contribution in [3.8, 4) is 0 Å². The zero-order valence-corrected chi connectivity index (χ0v) is 20.3. The number of carbonyl (C=O) groups excluding carboxylic acids is 1. The summed E-state index contributed by atoms with van der Waals surface area (Å²) in [6, 6.07) is 0. The first kappa shape index (κ1) is 22.0. The van der Waals surface area contributed by atoms with Crippen LogP contribution in [0.4, 0.5) is 0 Å². The van der Waals surface area contributed by atoms with Crippen molar-refractivity contribution in [2.24, 2.45) is 46.3 Å². The third kappa shape index (κ3) is 2.58. The lowest BCUT2D eigenvalue weighted by atomic mass is 9.42. The van der Waals surface area contributed by atoms with Gasteiger partial charge >= 0.3 is 0 Å². The van der Waals surface area contributed by atoms with Crippen molar-refractivity contribution >= 4 is 5.78 Å². The Kier molecular flexibility index (Phi) is 4.68. The lowest BCUT2D eigenvalue weighted by Crippen LogP contribution is -2.67. The first-order valence-corrected chi connectivity index (χ1v) is 13.3. The van der Waals surface area contributed by atoms with Gasteiger partial charge in [0.1, 0.15) is 5.60 Å². The molecule has 0 bridgehead atoms. The Labute approximate surface area is 192 Å². The summed E-state index contributed by atoms with van der Waals surface area (Å²) in [4.78, 5) is 13.4. The van der Waals surface area contributed by atoms with Crippen molar-refractivity contribution in [3.05, 3.63) is 0 Å². The third-order valence-corrected chi connectivity index (χ3v) is 11.9. The molecule has 2 N–H and O–H groups in total. The highest BCUT2D eigenvalue weighted by atomic mass is 16.7. The van der Waals surface area contributed by atoms with E-state index in [4.69, 9.17) is 9.47 Å². The van der Waals surface area contributed by atoms with Gasteiger partial charge in [0.05, 0.1) is 18.8 Å². The van der Waals surface area contributed by atoms with Gasteiger partial charge < -0.3 is 19.7 Å². The Morgan fingerprint density at radius 1 is 1.03 bits per heavy atom. The maximum atomic E-state index is 13.4. The molecule has 10 unspecified atom stereocenters. The second kappa shape index (κ2) is 6.80. The summed E-state index contributed by atoms with van der Waals surface area (Å²) < 4.78 is 13.2. The number of hydrogen-bond acceptors (Lipinski definition) is 5. The minimum absolute atomic E-state index is 0.0173. The van der Waals surface area contributed by atoms with Crippen LogP contribution in [0.5, 0.6) is 0 Å². The molecule has 6 fully saturated rings. The zero-order chi connectivity index (χ0) is 22.7. The molecule has 4 saturated carbocycles. The van der Waals surface area contributed by atoms with Gasteiger partial charge in [0.25, 0.3) is 0 Å². The number of fused-ring (bicyclic) bond motifs is 7. The Hall–Kier alpha value is -0.490. The summed E-state index contributed by atoms with van der Waals surface area (Å²) >= 11 is 0. The van der Waals surface area contributed by atoms with Crippen LogP contribution in [0.1, 0.15) is 85.5 Å². The average molecular weight is 447 g/mol. The van der Waals surface area contributed by atoms with Gasteiger partial charge in [0.15, 0.2) is 11.6 Å². The van der Waals surface area contributed by atoms with E-state index in [1.54, 1.807) is 0 Å². The second-order valence-corrected chi connectivity index (χ2v) is 13.2. The molecule has 2 aliphatic heterocycles. The average Bonchev–Trinajstić information content (AvgIpc) is 3.18. The molecule has 0 aromatic rings. The minimum atomic E-state index is -1.35. The fourth-order valence-corrected chi connectivity index (χ4v) is 10.0. The largest absolute Gasteiger partial charge is 0.393 e. The first-order valence-electron chi connectivity index (χ1n) is 13.3. The van der Waals surface area contributed by atoms with Gasteiger partial charge in [-0.25, -0.2) is 0 Å². The molecule has 0 aromatic heterocycles. The summed E-state index contributed by atoms with van der Waals surface area (Å²) in [6.45, 7) is 10.0. The van der Waals surface area contributed by atoms with E-state index >= 15 is 0 Å². The van der Waals surface area contributed by atoms with Gasteiger partial charge in [-0.3, -0.25) is 4.79 Å². The van der Waals surface area contributed by atoms with Gasteiger partial charge in [-0.1, -0.05) is 27.7 Å². The van der Waals surface area contributed by atoms with Crippen molar-refractivity contribution < 1.29 is 24.5 Å². The molecule has 5 heteroatoms. The smallest absolute Gasteiger partial charge is 0.171 e. The topological polar surface area (TPSA) is 76.0 Å². The number of rotatable bonds is 0. The molecule has 4 aliphatic carbocycles. The maximum Gasteiger partial charge on any atom is 0.171 e. The van der Waals surface area contributed by atoms with E-state index in [0.717, 1.165) is 38.7 Å². The van der Waals surface area contributed by atoms with Crippen LogP contribution in [0.2, 0.25) is 0 Å². The normalized spacial score (nSPS) is 61.8. The quantitative estimate of drug-likeness (QED) is 0.586. The molecule has 2 heterocycles. The lowest BCUT2D eigenvalue weighted by Gasteiger charge is -2.63. The van der Waals surface area contributed by atoms with E-state index in [1.807, 2.05) is 0 Å². The van der Waals surface area contributed by atoms with Crippen LogP contribution in [0.3, 0.4) is 0 Å². The van der Waals surface area contributed by atoms with Crippen molar-refractivity contribution in [1.29, 1.82) is 0 Å². The molecule has 12 atom stereocenters. The molecule has 2 saturated heterocycles.